The van der Waals surface area contributed by atoms with Crippen LogP contribution in [0.15, 0.2) is 11.6 Å². The van der Waals surface area contributed by atoms with Crippen molar-refractivity contribution in [3.63, 3.8) is 0 Å². The van der Waals surface area contributed by atoms with Gasteiger partial charge < -0.3 is 10.5 Å². The molecule has 0 aromatic carbocycles. The molecule has 2 nitrogen and oxygen atoms in total. The number of aliphatic hydroxyl groups excluding tert-OH is 1. The minimum absolute atomic E-state index is 0.111. The van der Waals surface area contributed by atoms with Gasteiger partial charge in [-0.25, -0.2) is 0 Å². The fourth-order valence-corrected chi connectivity index (χ4v) is 1.34. The van der Waals surface area contributed by atoms with Crippen LogP contribution in [0.4, 0.5) is 0 Å². The van der Waals surface area contributed by atoms with Crippen molar-refractivity contribution in [2.75, 3.05) is 6.61 Å². The summed E-state index contributed by atoms with van der Waals surface area (Å²) in [6.45, 7) is 2.11. The predicted molar refractivity (Wildman–Crippen MR) is 45.9 cm³/mol. The zero-order chi connectivity index (χ0) is 8.27. The second kappa shape index (κ2) is 3.67. The molecule has 0 aromatic heterocycles. The molecule has 62 valence electrons. The van der Waals surface area contributed by atoms with E-state index in [1.54, 1.807) is 0 Å². The van der Waals surface area contributed by atoms with E-state index in [4.69, 9.17) is 10.5 Å². The minimum atomic E-state index is -0.111. The van der Waals surface area contributed by atoms with Crippen LogP contribution in [0.2, 0.25) is 0 Å². The van der Waals surface area contributed by atoms with Gasteiger partial charge in [0.2, 0.25) is 0 Å². The number of nitrogens with one attached hydrogen (secondary N) is 1. The molecule has 0 saturated heterocycles. The summed E-state index contributed by atoms with van der Waals surface area (Å²) in [7, 11) is 0. The molecule has 0 amide bonds. The quantitative estimate of drug-likeness (QED) is 0.583. The molecule has 0 unspecified atom stereocenters. The van der Waals surface area contributed by atoms with Crippen molar-refractivity contribution >= 4 is 5.71 Å². The molecule has 0 bridgehead atoms. The Labute approximate surface area is 67.4 Å². The molecule has 0 aliphatic heterocycles. The zero-order valence-corrected chi connectivity index (χ0v) is 6.93. The van der Waals surface area contributed by atoms with Gasteiger partial charge in [0, 0.05) is 0 Å². The third-order valence-electron chi connectivity index (χ3n) is 2.22. The van der Waals surface area contributed by atoms with E-state index in [9.17, 15) is 0 Å². The van der Waals surface area contributed by atoms with Gasteiger partial charge in [-0.1, -0.05) is 13.0 Å². The maximum atomic E-state index is 8.69. The van der Waals surface area contributed by atoms with Crippen molar-refractivity contribution in [2.45, 2.75) is 26.2 Å². The fourth-order valence-electron chi connectivity index (χ4n) is 1.34. The molecule has 1 aliphatic carbocycles. The number of hydrogen-bond donors (Lipinski definition) is 2. The Kier molecular flexibility index (Phi) is 2.83. The molecule has 0 heterocycles. The van der Waals surface area contributed by atoms with Gasteiger partial charge in [-0.3, -0.25) is 0 Å². The molecule has 0 fully saturated rings. The highest BCUT2D eigenvalue weighted by atomic mass is 16.3. The Morgan fingerprint density at radius 1 is 1.82 bits per heavy atom. The van der Waals surface area contributed by atoms with Crippen LogP contribution in [-0.4, -0.2) is 17.4 Å². The van der Waals surface area contributed by atoms with Crippen LogP contribution in [0.1, 0.15) is 26.2 Å². The van der Waals surface area contributed by atoms with Crippen molar-refractivity contribution < 1.29 is 5.11 Å². The monoisotopic (exact) mass is 153 g/mol. The van der Waals surface area contributed by atoms with E-state index < -0.39 is 0 Å². The normalized spacial score (nSPS) is 24.5. The van der Waals surface area contributed by atoms with Gasteiger partial charge in [-0.2, -0.15) is 0 Å². The first-order valence-electron chi connectivity index (χ1n) is 4.11. The summed E-state index contributed by atoms with van der Waals surface area (Å²) >= 11 is 0. The van der Waals surface area contributed by atoms with Gasteiger partial charge in [0.1, 0.15) is 0 Å². The Morgan fingerprint density at radius 3 is 3.00 bits per heavy atom. The van der Waals surface area contributed by atoms with Crippen molar-refractivity contribution in [1.82, 2.24) is 0 Å². The van der Waals surface area contributed by atoms with E-state index in [1.807, 2.05) is 0 Å². The van der Waals surface area contributed by atoms with Gasteiger partial charge in [0.05, 0.1) is 12.3 Å². The molecule has 0 aromatic rings. The van der Waals surface area contributed by atoms with Crippen LogP contribution < -0.4 is 0 Å². The standard InChI is InChI=1S/C9H15NO/c1-7-2-4-8(5-3-7)9(10)6-11/h4,7,10-11H,2-3,5-6H2,1H3/t7-/m0/s1. The second-order valence-electron chi connectivity index (χ2n) is 3.25. The van der Waals surface area contributed by atoms with Crippen molar-refractivity contribution in [2.24, 2.45) is 5.92 Å². The zero-order valence-electron chi connectivity index (χ0n) is 6.93. The molecule has 2 heteroatoms. The Morgan fingerprint density at radius 2 is 2.55 bits per heavy atom. The molecule has 0 spiro atoms. The van der Waals surface area contributed by atoms with Crippen LogP contribution in [0, 0.1) is 11.3 Å². The average Bonchev–Trinajstić information content (AvgIpc) is 2.05. The van der Waals surface area contributed by atoms with Gasteiger partial charge in [0.25, 0.3) is 0 Å². The number of aliphatic hydroxyl groups is 1. The lowest BCUT2D eigenvalue weighted by Gasteiger charge is -2.17. The highest BCUT2D eigenvalue weighted by molar-refractivity contribution is 5.98. The third kappa shape index (κ3) is 2.15. The minimum Gasteiger partial charge on any atom is -0.390 e. The number of hydrogen-bond acceptors (Lipinski definition) is 2. The molecular weight excluding hydrogens is 138 g/mol. The van der Waals surface area contributed by atoms with Gasteiger partial charge in [0.15, 0.2) is 0 Å². The molecule has 0 radical (unpaired) electrons. The first-order valence-corrected chi connectivity index (χ1v) is 4.11. The van der Waals surface area contributed by atoms with Crippen LogP contribution in [-0.2, 0) is 0 Å². The highest BCUT2D eigenvalue weighted by Gasteiger charge is 2.12. The van der Waals surface area contributed by atoms with Crippen LogP contribution >= 0.6 is 0 Å². The number of rotatable bonds is 2. The fraction of sp³-hybridized carbons (Fsp3) is 0.667. The summed E-state index contributed by atoms with van der Waals surface area (Å²) in [6.07, 6.45) is 5.29. The van der Waals surface area contributed by atoms with Crippen molar-refractivity contribution in [3.05, 3.63) is 11.6 Å². The second-order valence-corrected chi connectivity index (χ2v) is 3.25. The maximum Gasteiger partial charge on any atom is 0.0848 e. The van der Waals surface area contributed by atoms with E-state index in [-0.39, 0.29) is 6.61 Å². The predicted octanol–water partition coefficient (Wildman–Crippen LogP) is 1.74. The van der Waals surface area contributed by atoms with E-state index in [0.717, 1.165) is 30.8 Å². The lowest BCUT2D eigenvalue weighted by Crippen LogP contribution is -2.11. The first kappa shape index (κ1) is 8.47. The molecule has 11 heavy (non-hydrogen) atoms. The Balaban J connectivity index is 2.54. The summed E-state index contributed by atoms with van der Waals surface area (Å²) in [5.74, 6) is 0.755. The molecular formula is C9H15NO. The van der Waals surface area contributed by atoms with Gasteiger partial charge in [-0.15, -0.1) is 0 Å². The van der Waals surface area contributed by atoms with Gasteiger partial charge >= 0.3 is 0 Å². The summed E-state index contributed by atoms with van der Waals surface area (Å²) < 4.78 is 0. The van der Waals surface area contributed by atoms with Crippen LogP contribution in [0.3, 0.4) is 0 Å². The maximum absolute atomic E-state index is 8.69. The summed E-state index contributed by atoms with van der Waals surface area (Å²) in [5.41, 5.74) is 1.45. The van der Waals surface area contributed by atoms with Crippen LogP contribution in [0.5, 0.6) is 0 Å². The smallest absolute Gasteiger partial charge is 0.0848 e. The highest BCUT2D eigenvalue weighted by Crippen LogP contribution is 2.23. The Bertz CT molecular complexity index is 184. The third-order valence-corrected chi connectivity index (χ3v) is 2.22. The van der Waals surface area contributed by atoms with E-state index >= 15 is 0 Å². The number of allylic oxidation sites excluding steroid dienone is 1. The summed E-state index contributed by atoms with van der Waals surface area (Å²) in [4.78, 5) is 0. The van der Waals surface area contributed by atoms with E-state index in [1.165, 1.54) is 0 Å². The topological polar surface area (TPSA) is 44.1 Å². The van der Waals surface area contributed by atoms with Gasteiger partial charge in [-0.05, 0) is 30.8 Å². The van der Waals surface area contributed by atoms with E-state index in [0.29, 0.717) is 5.71 Å². The molecule has 2 N–H and O–H groups in total. The average molecular weight is 153 g/mol. The SMILES string of the molecule is C[C@H]1CC=C(C(=N)CO)CC1. The summed E-state index contributed by atoms with van der Waals surface area (Å²) in [6, 6.07) is 0. The molecule has 1 atom stereocenters. The Hall–Kier alpha value is -0.630. The van der Waals surface area contributed by atoms with Crippen LogP contribution in [0.25, 0.3) is 0 Å². The summed E-state index contributed by atoms with van der Waals surface area (Å²) in [5, 5.41) is 16.1. The van der Waals surface area contributed by atoms with Crippen molar-refractivity contribution in [1.29, 1.82) is 5.41 Å². The molecule has 1 rings (SSSR count). The lowest BCUT2D eigenvalue weighted by atomic mass is 9.89. The lowest BCUT2D eigenvalue weighted by molar-refractivity contribution is 0.355. The van der Waals surface area contributed by atoms with Crippen molar-refractivity contribution in [3.8, 4) is 0 Å². The largest absolute Gasteiger partial charge is 0.390 e. The molecule has 1 aliphatic rings. The molecule has 0 saturated carbocycles. The first-order chi connectivity index (χ1) is 5.24. The van der Waals surface area contributed by atoms with E-state index in [2.05, 4.69) is 13.0 Å².